The Morgan fingerprint density at radius 2 is 1.88 bits per heavy atom. The molecule has 7 nitrogen and oxygen atoms in total. The number of para-hydroxylation sites is 2. The van der Waals surface area contributed by atoms with Gasteiger partial charge in [-0.05, 0) is 49.9 Å². The number of guanidine groups is 1. The number of rotatable bonds is 7. The molecule has 0 saturated heterocycles. The zero-order valence-electron chi connectivity index (χ0n) is 19.0. The highest BCUT2D eigenvalue weighted by atomic mass is 16.2. The summed E-state index contributed by atoms with van der Waals surface area (Å²) in [7, 11) is 0. The number of imidazole rings is 1. The topological polar surface area (TPSA) is 74.6 Å². The molecule has 0 atom stereocenters. The van der Waals surface area contributed by atoms with Crippen molar-refractivity contribution in [1.29, 1.82) is 0 Å². The van der Waals surface area contributed by atoms with Gasteiger partial charge in [0.25, 0.3) is 0 Å². The average molecular weight is 433 g/mol. The van der Waals surface area contributed by atoms with E-state index in [9.17, 15) is 4.79 Å². The van der Waals surface area contributed by atoms with Crippen LogP contribution in [-0.4, -0.2) is 52.5 Å². The third-order valence-corrected chi connectivity index (χ3v) is 5.90. The number of aryl methyl sites for hydroxylation is 2. The van der Waals surface area contributed by atoms with E-state index in [0.29, 0.717) is 12.5 Å². The normalized spacial score (nSPS) is 13.8. The second-order valence-electron chi connectivity index (χ2n) is 8.11. The number of benzene rings is 2. The maximum Gasteiger partial charge on any atom is 0.244 e. The SMILES string of the molecule is CCNC(=NCC(=O)N1CCc2ccccc2C1)NCCCn1c(C)nc2ccccc21. The minimum absolute atomic E-state index is 0.0669. The number of nitrogens with one attached hydrogen (secondary N) is 2. The fourth-order valence-corrected chi connectivity index (χ4v) is 4.22. The summed E-state index contributed by atoms with van der Waals surface area (Å²) in [6, 6.07) is 16.6. The Labute approximate surface area is 189 Å². The maximum absolute atomic E-state index is 12.7. The third kappa shape index (κ3) is 5.10. The van der Waals surface area contributed by atoms with Gasteiger partial charge in [-0.25, -0.2) is 9.98 Å². The van der Waals surface area contributed by atoms with E-state index in [-0.39, 0.29) is 12.5 Å². The highest BCUT2D eigenvalue weighted by Gasteiger charge is 2.20. The lowest BCUT2D eigenvalue weighted by molar-refractivity contribution is -0.130. The predicted molar refractivity (Wildman–Crippen MR) is 129 cm³/mol. The van der Waals surface area contributed by atoms with E-state index in [1.165, 1.54) is 16.6 Å². The number of fused-ring (bicyclic) bond motifs is 2. The highest BCUT2D eigenvalue weighted by molar-refractivity contribution is 5.85. The molecule has 2 aromatic carbocycles. The van der Waals surface area contributed by atoms with Crippen molar-refractivity contribution in [1.82, 2.24) is 25.1 Å². The fraction of sp³-hybridized carbons (Fsp3) is 0.400. The molecule has 4 rings (SSSR count). The Balaban J connectivity index is 1.28. The summed E-state index contributed by atoms with van der Waals surface area (Å²) in [6.45, 7) is 8.06. The third-order valence-electron chi connectivity index (χ3n) is 5.90. The van der Waals surface area contributed by atoms with Crippen molar-refractivity contribution in [3.63, 3.8) is 0 Å². The molecule has 0 radical (unpaired) electrons. The molecule has 3 aromatic rings. The molecule has 2 N–H and O–H groups in total. The van der Waals surface area contributed by atoms with Crippen LogP contribution in [0.15, 0.2) is 53.5 Å². The van der Waals surface area contributed by atoms with E-state index in [0.717, 1.165) is 50.4 Å². The molecule has 0 aliphatic carbocycles. The molecular weight excluding hydrogens is 400 g/mol. The molecule has 0 bridgehead atoms. The molecule has 1 aliphatic rings. The van der Waals surface area contributed by atoms with Crippen molar-refractivity contribution in [3.05, 3.63) is 65.5 Å². The largest absolute Gasteiger partial charge is 0.357 e. The van der Waals surface area contributed by atoms with Crippen molar-refractivity contribution in [2.75, 3.05) is 26.2 Å². The minimum atomic E-state index is 0.0669. The standard InChI is InChI=1S/C25H32N6O/c1-3-26-25(27-14-8-15-31-19(2)29-22-11-6-7-12-23(22)31)28-17-24(32)30-16-13-20-9-4-5-10-21(20)18-30/h4-7,9-12H,3,8,13-18H2,1-2H3,(H2,26,27,28). The lowest BCUT2D eigenvalue weighted by Gasteiger charge is -2.28. The molecule has 0 unspecified atom stereocenters. The molecule has 1 amide bonds. The van der Waals surface area contributed by atoms with E-state index in [2.05, 4.69) is 49.4 Å². The van der Waals surface area contributed by atoms with Gasteiger partial charge in [0.2, 0.25) is 5.91 Å². The number of aromatic nitrogens is 2. The van der Waals surface area contributed by atoms with E-state index in [4.69, 9.17) is 0 Å². The van der Waals surface area contributed by atoms with Gasteiger partial charge in [0.1, 0.15) is 12.4 Å². The first-order chi connectivity index (χ1) is 15.7. The zero-order chi connectivity index (χ0) is 22.3. The molecular formula is C25H32N6O. The average Bonchev–Trinajstić information content (AvgIpc) is 3.14. The Kier molecular flexibility index (Phi) is 7.04. The maximum atomic E-state index is 12.7. The Hall–Kier alpha value is -3.35. The van der Waals surface area contributed by atoms with Gasteiger partial charge < -0.3 is 20.1 Å². The molecule has 0 saturated carbocycles. The van der Waals surface area contributed by atoms with E-state index >= 15 is 0 Å². The number of amides is 1. The summed E-state index contributed by atoms with van der Waals surface area (Å²) in [5, 5.41) is 6.60. The van der Waals surface area contributed by atoms with Crippen molar-refractivity contribution in [2.24, 2.45) is 4.99 Å². The van der Waals surface area contributed by atoms with Gasteiger partial charge in [-0.15, -0.1) is 0 Å². The van der Waals surface area contributed by atoms with Crippen LogP contribution in [-0.2, 0) is 24.3 Å². The quantitative estimate of drug-likeness (QED) is 0.342. The van der Waals surface area contributed by atoms with Crippen molar-refractivity contribution in [2.45, 2.75) is 39.8 Å². The number of aliphatic imine (C=N–C) groups is 1. The number of nitrogens with zero attached hydrogens (tertiary/aromatic N) is 4. The minimum Gasteiger partial charge on any atom is -0.357 e. The molecule has 0 fully saturated rings. The number of carbonyl (C=O) groups excluding carboxylic acids is 1. The Morgan fingerprint density at radius 3 is 2.72 bits per heavy atom. The van der Waals surface area contributed by atoms with Gasteiger partial charge >= 0.3 is 0 Å². The zero-order valence-corrected chi connectivity index (χ0v) is 19.0. The van der Waals surface area contributed by atoms with E-state index in [1.807, 2.05) is 43.0 Å². The highest BCUT2D eigenvalue weighted by Crippen LogP contribution is 2.18. The first-order valence-corrected chi connectivity index (χ1v) is 11.4. The Morgan fingerprint density at radius 1 is 1.09 bits per heavy atom. The van der Waals surface area contributed by atoms with Crippen LogP contribution in [0.2, 0.25) is 0 Å². The van der Waals surface area contributed by atoms with Crippen molar-refractivity contribution >= 4 is 22.9 Å². The summed E-state index contributed by atoms with van der Waals surface area (Å²) < 4.78 is 2.25. The van der Waals surface area contributed by atoms with Crippen LogP contribution in [0.25, 0.3) is 11.0 Å². The second-order valence-corrected chi connectivity index (χ2v) is 8.11. The van der Waals surface area contributed by atoms with Crippen LogP contribution in [0.5, 0.6) is 0 Å². The molecule has 0 spiro atoms. The summed E-state index contributed by atoms with van der Waals surface area (Å²) in [5.74, 6) is 1.78. The lowest BCUT2D eigenvalue weighted by atomic mass is 10.00. The summed E-state index contributed by atoms with van der Waals surface area (Å²) in [4.78, 5) is 23.8. The number of hydrogen-bond donors (Lipinski definition) is 2. The van der Waals surface area contributed by atoms with Crippen molar-refractivity contribution in [3.8, 4) is 0 Å². The van der Waals surface area contributed by atoms with Crippen LogP contribution in [0.1, 0.15) is 30.3 Å². The van der Waals surface area contributed by atoms with E-state index in [1.54, 1.807) is 0 Å². The molecule has 7 heteroatoms. The van der Waals surface area contributed by atoms with Crippen LogP contribution < -0.4 is 10.6 Å². The van der Waals surface area contributed by atoms with Gasteiger partial charge in [-0.2, -0.15) is 0 Å². The fourth-order valence-electron chi connectivity index (χ4n) is 4.22. The van der Waals surface area contributed by atoms with Gasteiger partial charge in [-0.1, -0.05) is 36.4 Å². The van der Waals surface area contributed by atoms with Gasteiger partial charge in [0.05, 0.1) is 11.0 Å². The molecule has 1 aromatic heterocycles. The van der Waals surface area contributed by atoms with Gasteiger partial charge in [0, 0.05) is 32.7 Å². The molecule has 168 valence electrons. The number of hydrogen-bond acceptors (Lipinski definition) is 3. The van der Waals surface area contributed by atoms with Gasteiger partial charge in [-0.3, -0.25) is 4.79 Å². The first-order valence-electron chi connectivity index (χ1n) is 11.4. The van der Waals surface area contributed by atoms with Crippen LogP contribution in [0.4, 0.5) is 0 Å². The van der Waals surface area contributed by atoms with Crippen LogP contribution in [0, 0.1) is 6.92 Å². The summed E-state index contributed by atoms with van der Waals surface area (Å²) in [5.41, 5.74) is 4.78. The van der Waals surface area contributed by atoms with E-state index < -0.39 is 0 Å². The van der Waals surface area contributed by atoms with Gasteiger partial charge in [0.15, 0.2) is 5.96 Å². The summed E-state index contributed by atoms with van der Waals surface area (Å²) in [6.07, 6.45) is 1.84. The monoisotopic (exact) mass is 432 g/mol. The number of carbonyl (C=O) groups is 1. The molecule has 1 aliphatic heterocycles. The predicted octanol–water partition coefficient (Wildman–Crippen LogP) is 2.87. The summed E-state index contributed by atoms with van der Waals surface area (Å²) >= 11 is 0. The van der Waals surface area contributed by atoms with Crippen molar-refractivity contribution < 1.29 is 4.79 Å². The van der Waals surface area contributed by atoms with Crippen LogP contribution in [0.3, 0.4) is 0 Å². The second kappa shape index (κ2) is 10.3. The smallest absolute Gasteiger partial charge is 0.244 e. The lowest BCUT2D eigenvalue weighted by Crippen LogP contribution is -2.41. The Bertz CT molecular complexity index is 1100. The first kappa shape index (κ1) is 21.9. The van der Waals surface area contributed by atoms with Crippen LogP contribution >= 0.6 is 0 Å². The molecule has 32 heavy (non-hydrogen) atoms. The molecule has 2 heterocycles.